The van der Waals surface area contributed by atoms with E-state index in [1.165, 1.54) is 11.3 Å². The number of hydrogen-bond acceptors (Lipinski definition) is 5. The number of thioether (sulfide) groups is 1. The number of ether oxygens (including phenoxy) is 1. The summed E-state index contributed by atoms with van der Waals surface area (Å²) < 4.78 is 11.4. The molecule has 0 spiro atoms. The van der Waals surface area contributed by atoms with E-state index in [1.54, 1.807) is 0 Å². The van der Waals surface area contributed by atoms with Crippen LogP contribution in [0.5, 0.6) is 0 Å². The fourth-order valence-electron chi connectivity index (χ4n) is 3.39. The highest BCUT2D eigenvalue weighted by Gasteiger charge is 2.34. The highest BCUT2D eigenvalue weighted by Crippen LogP contribution is 2.32. The fraction of sp³-hybridized carbons (Fsp3) is 0.562. The molecule has 4 heterocycles. The molecule has 4 rings (SSSR count). The largest absolute Gasteiger partial charge is 0.460 e. The molecule has 2 aromatic rings. The molecule has 0 amide bonds. The number of furan rings is 1. The normalized spacial score (nSPS) is 26.0. The molecule has 0 unspecified atom stereocenters. The van der Waals surface area contributed by atoms with Gasteiger partial charge in [-0.25, -0.2) is 0 Å². The molecule has 2 aliphatic heterocycles. The Morgan fingerprint density at radius 2 is 2.41 bits per heavy atom. The minimum Gasteiger partial charge on any atom is -0.460 e. The number of nitrogens with one attached hydrogen (secondary N) is 1. The summed E-state index contributed by atoms with van der Waals surface area (Å²) in [6, 6.07) is 4.62. The average molecular weight is 319 g/mol. The first-order valence-corrected chi connectivity index (χ1v) is 8.88. The molecule has 2 fully saturated rings. The number of nitrogens with zero attached hydrogens (tertiary/aromatic N) is 2. The van der Waals surface area contributed by atoms with Gasteiger partial charge >= 0.3 is 0 Å². The molecule has 0 aromatic carbocycles. The van der Waals surface area contributed by atoms with Crippen LogP contribution < -0.4 is 0 Å². The van der Waals surface area contributed by atoms with E-state index in [0.29, 0.717) is 11.3 Å². The van der Waals surface area contributed by atoms with E-state index in [2.05, 4.69) is 26.9 Å². The highest BCUT2D eigenvalue weighted by molar-refractivity contribution is 8.00. The van der Waals surface area contributed by atoms with Crippen molar-refractivity contribution in [3.05, 3.63) is 29.7 Å². The summed E-state index contributed by atoms with van der Waals surface area (Å²) >= 11 is 2.06. The van der Waals surface area contributed by atoms with E-state index >= 15 is 0 Å². The van der Waals surface area contributed by atoms with Crippen molar-refractivity contribution in [1.29, 1.82) is 0 Å². The van der Waals surface area contributed by atoms with Crippen LogP contribution in [0, 0.1) is 6.92 Å². The van der Waals surface area contributed by atoms with Gasteiger partial charge in [0.25, 0.3) is 0 Å². The minimum atomic E-state index is 0.615. The van der Waals surface area contributed by atoms with Crippen molar-refractivity contribution in [1.82, 2.24) is 15.1 Å². The monoisotopic (exact) mass is 319 g/mol. The van der Waals surface area contributed by atoms with Gasteiger partial charge in [0.05, 0.1) is 12.8 Å². The van der Waals surface area contributed by atoms with Gasteiger partial charge in [0.15, 0.2) is 5.76 Å². The zero-order chi connectivity index (χ0) is 14.9. The Kier molecular flexibility index (Phi) is 3.98. The summed E-state index contributed by atoms with van der Waals surface area (Å²) in [4.78, 5) is 2.59. The Hall–Kier alpha value is -1.24. The van der Waals surface area contributed by atoms with Gasteiger partial charge in [0, 0.05) is 42.3 Å². The summed E-state index contributed by atoms with van der Waals surface area (Å²) in [5, 5.41) is 7.95. The maximum Gasteiger partial charge on any atom is 0.152 e. The quantitative estimate of drug-likeness (QED) is 0.942. The molecule has 2 saturated heterocycles. The number of aryl methyl sites for hydroxylation is 1. The van der Waals surface area contributed by atoms with Gasteiger partial charge in [-0.1, -0.05) is 0 Å². The molecule has 5 nitrogen and oxygen atoms in total. The van der Waals surface area contributed by atoms with E-state index in [1.807, 2.05) is 25.3 Å². The Morgan fingerprint density at radius 3 is 3.27 bits per heavy atom. The SMILES string of the molecule is Cc1ccc(-c2[nH]ncc2CN2CCS[C@H]3COCC[C@H]32)o1. The molecule has 22 heavy (non-hydrogen) atoms. The van der Waals surface area contributed by atoms with Crippen molar-refractivity contribution in [2.24, 2.45) is 0 Å². The predicted octanol–water partition coefficient (Wildman–Crippen LogP) is 2.68. The summed E-state index contributed by atoms with van der Waals surface area (Å²) in [6.07, 6.45) is 3.06. The number of rotatable bonds is 3. The van der Waals surface area contributed by atoms with Crippen LogP contribution in [0.1, 0.15) is 17.7 Å². The molecule has 0 radical (unpaired) electrons. The topological polar surface area (TPSA) is 54.3 Å². The van der Waals surface area contributed by atoms with E-state index in [-0.39, 0.29) is 0 Å². The first kappa shape index (κ1) is 14.4. The van der Waals surface area contributed by atoms with Crippen molar-refractivity contribution in [2.75, 3.05) is 25.5 Å². The van der Waals surface area contributed by atoms with Crippen LogP contribution in [0.2, 0.25) is 0 Å². The third-order valence-corrected chi connectivity index (χ3v) is 5.82. The molecule has 1 N–H and O–H groups in total. The van der Waals surface area contributed by atoms with Gasteiger partial charge < -0.3 is 9.15 Å². The standard InChI is InChI=1S/C16H21N3O2S/c1-11-2-3-14(21-11)16-12(8-17-18-16)9-19-5-7-22-15-10-20-6-4-13(15)19/h2-3,8,13,15H,4-7,9-10H2,1H3,(H,17,18)/t13-,15+/m1/s1. The first-order chi connectivity index (χ1) is 10.8. The lowest BCUT2D eigenvalue weighted by Gasteiger charge is -2.43. The van der Waals surface area contributed by atoms with Crippen LogP contribution in [0.15, 0.2) is 22.7 Å². The molecular weight excluding hydrogens is 298 g/mol. The number of hydrogen-bond donors (Lipinski definition) is 1. The van der Waals surface area contributed by atoms with E-state index in [9.17, 15) is 0 Å². The number of H-pyrrole nitrogens is 1. The Labute approximate surface area is 134 Å². The minimum absolute atomic E-state index is 0.615. The molecule has 118 valence electrons. The highest BCUT2D eigenvalue weighted by atomic mass is 32.2. The Morgan fingerprint density at radius 1 is 1.45 bits per heavy atom. The molecule has 6 heteroatoms. The van der Waals surface area contributed by atoms with E-state index in [4.69, 9.17) is 9.15 Å². The lowest BCUT2D eigenvalue weighted by Crippen LogP contribution is -2.51. The van der Waals surface area contributed by atoms with Crippen LogP contribution in [0.25, 0.3) is 11.5 Å². The second kappa shape index (κ2) is 6.10. The smallest absolute Gasteiger partial charge is 0.152 e. The summed E-state index contributed by atoms with van der Waals surface area (Å²) in [5.41, 5.74) is 2.22. The molecule has 2 atom stereocenters. The van der Waals surface area contributed by atoms with Crippen LogP contribution >= 0.6 is 11.8 Å². The molecule has 2 aromatic heterocycles. The van der Waals surface area contributed by atoms with Crippen LogP contribution in [0.4, 0.5) is 0 Å². The lowest BCUT2D eigenvalue weighted by atomic mass is 10.0. The zero-order valence-electron chi connectivity index (χ0n) is 12.7. The molecular formula is C16H21N3O2S. The first-order valence-electron chi connectivity index (χ1n) is 7.84. The molecule has 0 aliphatic carbocycles. The lowest BCUT2D eigenvalue weighted by molar-refractivity contribution is 0.0352. The third-order valence-electron chi connectivity index (χ3n) is 4.53. The summed E-state index contributed by atoms with van der Waals surface area (Å²) in [7, 11) is 0. The summed E-state index contributed by atoms with van der Waals surface area (Å²) in [5.74, 6) is 2.98. The third kappa shape index (κ3) is 2.71. The van der Waals surface area contributed by atoms with Gasteiger partial charge in [0.1, 0.15) is 11.5 Å². The van der Waals surface area contributed by atoms with Gasteiger partial charge in [-0.3, -0.25) is 10.00 Å². The van der Waals surface area contributed by atoms with Gasteiger partial charge in [-0.05, 0) is 25.5 Å². The Balaban J connectivity index is 1.55. The maximum absolute atomic E-state index is 5.75. The van der Waals surface area contributed by atoms with E-state index in [0.717, 1.165) is 49.9 Å². The Bertz CT molecular complexity index is 637. The predicted molar refractivity (Wildman–Crippen MR) is 86.9 cm³/mol. The van der Waals surface area contributed by atoms with Crippen molar-refractivity contribution < 1.29 is 9.15 Å². The van der Waals surface area contributed by atoms with E-state index < -0.39 is 0 Å². The second-order valence-electron chi connectivity index (χ2n) is 5.99. The summed E-state index contributed by atoms with van der Waals surface area (Å²) in [6.45, 7) is 5.80. The number of fused-ring (bicyclic) bond motifs is 1. The van der Waals surface area contributed by atoms with Crippen molar-refractivity contribution in [3.63, 3.8) is 0 Å². The second-order valence-corrected chi connectivity index (χ2v) is 7.34. The number of aromatic nitrogens is 2. The molecule has 0 bridgehead atoms. The molecule has 0 saturated carbocycles. The van der Waals surface area contributed by atoms with Gasteiger partial charge in [0.2, 0.25) is 0 Å². The maximum atomic E-state index is 5.75. The zero-order valence-corrected chi connectivity index (χ0v) is 13.6. The van der Waals surface area contributed by atoms with Crippen LogP contribution in [0.3, 0.4) is 0 Å². The molecule has 2 aliphatic rings. The fourth-order valence-corrected chi connectivity index (χ4v) is 4.76. The number of aromatic amines is 1. The van der Waals surface area contributed by atoms with Crippen molar-refractivity contribution in [3.8, 4) is 11.5 Å². The van der Waals surface area contributed by atoms with Crippen molar-refractivity contribution in [2.45, 2.75) is 31.2 Å². The average Bonchev–Trinajstić information content (AvgIpc) is 3.16. The van der Waals surface area contributed by atoms with Crippen LogP contribution in [-0.4, -0.2) is 51.9 Å². The van der Waals surface area contributed by atoms with Crippen LogP contribution in [-0.2, 0) is 11.3 Å². The van der Waals surface area contributed by atoms with Gasteiger partial charge in [-0.15, -0.1) is 0 Å². The van der Waals surface area contributed by atoms with Gasteiger partial charge in [-0.2, -0.15) is 16.9 Å². The van der Waals surface area contributed by atoms with Crippen molar-refractivity contribution >= 4 is 11.8 Å².